The van der Waals surface area contributed by atoms with Crippen LogP contribution in [0, 0.1) is 5.92 Å². The summed E-state index contributed by atoms with van der Waals surface area (Å²) >= 11 is 11.5. The third kappa shape index (κ3) is 4.65. The van der Waals surface area contributed by atoms with Crippen molar-refractivity contribution in [1.29, 1.82) is 0 Å². The number of alkyl halides is 2. The summed E-state index contributed by atoms with van der Waals surface area (Å²) in [5, 5.41) is 8.52. The van der Waals surface area contributed by atoms with Crippen molar-refractivity contribution in [3.05, 3.63) is 47.1 Å². The minimum absolute atomic E-state index is 0.110. The van der Waals surface area contributed by atoms with Gasteiger partial charge in [0, 0.05) is 46.4 Å². The van der Waals surface area contributed by atoms with Crippen LogP contribution in [0.5, 0.6) is 0 Å². The number of hydrogen-bond donors (Lipinski definition) is 0. The summed E-state index contributed by atoms with van der Waals surface area (Å²) in [6.07, 6.45) is 12.8. The Labute approximate surface area is 163 Å². The Morgan fingerprint density at radius 1 is 1.00 bits per heavy atom. The van der Waals surface area contributed by atoms with E-state index in [1.54, 1.807) is 21.8 Å². The van der Waals surface area contributed by atoms with Crippen LogP contribution in [-0.2, 0) is 17.9 Å². The number of nitrogens with zero attached hydrogens (tertiary/aromatic N) is 4. The molecule has 1 atom stereocenters. The Hall–Kier alpha value is -1.85. The summed E-state index contributed by atoms with van der Waals surface area (Å²) in [4.78, 5) is 12.9. The predicted octanol–water partition coefficient (Wildman–Crippen LogP) is 4.02. The van der Waals surface area contributed by atoms with E-state index in [9.17, 15) is 4.79 Å². The van der Waals surface area contributed by atoms with Crippen LogP contribution in [0.2, 0.25) is 0 Å². The maximum absolute atomic E-state index is 12.9. The second-order valence-corrected chi connectivity index (χ2v) is 7.39. The average molecular weight is 393 g/mol. The number of allylic oxidation sites excluding steroid dienone is 2. The van der Waals surface area contributed by atoms with Crippen LogP contribution in [0.25, 0.3) is 12.2 Å². The Kier molecular flexibility index (Phi) is 6.33. The predicted molar refractivity (Wildman–Crippen MR) is 105 cm³/mol. The van der Waals surface area contributed by atoms with E-state index in [1.165, 1.54) is 0 Å². The highest BCUT2D eigenvalue weighted by Gasteiger charge is 2.25. The number of aryl methyl sites for hydroxylation is 2. The molecule has 1 unspecified atom stereocenters. The molecule has 7 heteroatoms. The molecule has 0 N–H and O–H groups in total. The Balaban J connectivity index is 1.82. The zero-order chi connectivity index (χ0) is 18.5. The maximum atomic E-state index is 12.9. The number of hydrogen-bond acceptors (Lipinski definition) is 3. The van der Waals surface area contributed by atoms with Gasteiger partial charge in [-0.3, -0.25) is 14.2 Å². The van der Waals surface area contributed by atoms with Crippen molar-refractivity contribution in [3.63, 3.8) is 0 Å². The lowest BCUT2D eigenvalue weighted by Crippen LogP contribution is -2.18. The van der Waals surface area contributed by atoms with Gasteiger partial charge in [0.15, 0.2) is 5.78 Å². The first-order valence-electron chi connectivity index (χ1n) is 8.71. The summed E-state index contributed by atoms with van der Waals surface area (Å²) < 4.78 is 3.58. The molecule has 0 aliphatic heterocycles. The number of carbonyl (C=O) groups is 1. The minimum atomic E-state index is 0.110. The van der Waals surface area contributed by atoms with Crippen molar-refractivity contribution in [2.45, 2.75) is 32.9 Å². The molecule has 5 nitrogen and oxygen atoms in total. The van der Waals surface area contributed by atoms with E-state index < -0.39 is 0 Å². The molecule has 3 rings (SSSR count). The molecule has 1 saturated carbocycles. The van der Waals surface area contributed by atoms with Gasteiger partial charge in [0.05, 0.1) is 25.5 Å². The van der Waals surface area contributed by atoms with Crippen molar-refractivity contribution >= 4 is 41.1 Å². The lowest BCUT2D eigenvalue weighted by molar-refractivity contribution is -0.113. The third-order valence-corrected chi connectivity index (χ3v) is 4.67. The van der Waals surface area contributed by atoms with Gasteiger partial charge in [-0.1, -0.05) is 6.92 Å². The van der Waals surface area contributed by atoms with Crippen LogP contribution in [0.3, 0.4) is 0 Å². The fraction of sp³-hybridized carbons (Fsp3) is 0.421. The molecule has 138 valence electrons. The van der Waals surface area contributed by atoms with Crippen molar-refractivity contribution in [1.82, 2.24) is 19.6 Å². The topological polar surface area (TPSA) is 52.7 Å². The molecule has 1 fully saturated rings. The Bertz CT molecular complexity index is 768. The summed E-state index contributed by atoms with van der Waals surface area (Å²) in [6, 6.07) is 0. The van der Waals surface area contributed by atoms with E-state index >= 15 is 0 Å². The molecule has 1 aliphatic rings. The van der Waals surface area contributed by atoms with Crippen molar-refractivity contribution < 1.29 is 4.79 Å². The highest BCUT2D eigenvalue weighted by atomic mass is 35.5. The third-order valence-electron chi connectivity index (χ3n) is 4.34. The number of aromatic nitrogens is 4. The van der Waals surface area contributed by atoms with E-state index in [0.29, 0.717) is 30.8 Å². The largest absolute Gasteiger partial charge is 0.289 e. The molecule has 1 aliphatic carbocycles. The van der Waals surface area contributed by atoms with Crippen molar-refractivity contribution in [3.8, 4) is 0 Å². The molecule has 0 amide bonds. The van der Waals surface area contributed by atoms with E-state index in [-0.39, 0.29) is 5.78 Å². The van der Waals surface area contributed by atoms with Gasteiger partial charge < -0.3 is 0 Å². The molecule has 0 aromatic carbocycles. The smallest absolute Gasteiger partial charge is 0.185 e. The van der Waals surface area contributed by atoms with Crippen LogP contribution in [0.15, 0.2) is 35.9 Å². The monoisotopic (exact) mass is 392 g/mol. The second-order valence-electron chi connectivity index (χ2n) is 6.63. The van der Waals surface area contributed by atoms with Crippen LogP contribution in [0.1, 0.15) is 30.9 Å². The van der Waals surface area contributed by atoms with Crippen molar-refractivity contribution in [2.24, 2.45) is 5.92 Å². The molecule has 0 spiro atoms. The number of ketones is 1. The highest BCUT2D eigenvalue weighted by molar-refractivity contribution is 6.18. The lowest BCUT2D eigenvalue weighted by atomic mass is 9.81. The summed E-state index contributed by atoms with van der Waals surface area (Å²) in [7, 11) is 0. The SMILES string of the molecule is CC1C/C(=C/c2cnn(CCCl)c2)C(=O)/C(=C/c2cnn(CCCl)c2)C1. The molecule has 26 heavy (non-hydrogen) atoms. The van der Waals surface area contributed by atoms with Gasteiger partial charge in [-0.25, -0.2) is 0 Å². The normalized spacial score (nSPS) is 21.0. The van der Waals surface area contributed by atoms with E-state index in [0.717, 1.165) is 35.1 Å². The molecule has 2 aromatic heterocycles. The number of halogens is 2. The van der Waals surface area contributed by atoms with Gasteiger partial charge >= 0.3 is 0 Å². The quantitative estimate of drug-likeness (QED) is 0.550. The first-order valence-corrected chi connectivity index (χ1v) is 9.78. The van der Waals surface area contributed by atoms with Gasteiger partial charge in [0.2, 0.25) is 0 Å². The Morgan fingerprint density at radius 3 is 1.88 bits per heavy atom. The molecular weight excluding hydrogens is 371 g/mol. The van der Waals surface area contributed by atoms with Crippen LogP contribution in [-0.4, -0.2) is 37.1 Å². The first-order chi connectivity index (χ1) is 12.6. The fourth-order valence-electron chi connectivity index (χ4n) is 3.19. The van der Waals surface area contributed by atoms with Gasteiger partial charge in [-0.15, -0.1) is 23.2 Å². The van der Waals surface area contributed by atoms with Crippen LogP contribution >= 0.6 is 23.2 Å². The lowest BCUT2D eigenvalue weighted by Gasteiger charge is -2.22. The summed E-state index contributed by atoms with van der Waals surface area (Å²) in [5.74, 6) is 1.55. The zero-order valence-corrected chi connectivity index (χ0v) is 16.2. The van der Waals surface area contributed by atoms with Crippen LogP contribution in [0.4, 0.5) is 0 Å². The average Bonchev–Trinajstić information content (AvgIpc) is 3.22. The summed E-state index contributed by atoms with van der Waals surface area (Å²) in [5.41, 5.74) is 3.52. The second kappa shape index (κ2) is 8.69. The van der Waals surface area contributed by atoms with Crippen LogP contribution < -0.4 is 0 Å². The number of rotatable bonds is 6. The van der Waals surface area contributed by atoms with Gasteiger partial charge in [-0.05, 0) is 30.9 Å². The molecular formula is C19H22Cl2N4O. The molecule has 2 heterocycles. The minimum Gasteiger partial charge on any atom is -0.289 e. The number of carbonyl (C=O) groups excluding carboxylic acids is 1. The number of Topliss-reactive ketones (excluding diaryl/α,β-unsaturated/α-hetero) is 1. The maximum Gasteiger partial charge on any atom is 0.185 e. The summed E-state index contributed by atoms with van der Waals surface area (Å²) in [6.45, 7) is 3.49. The fourth-order valence-corrected chi connectivity index (χ4v) is 3.54. The van der Waals surface area contributed by atoms with Gasteiger partial charge in [0.1, 0.15) is 0 Å². The molecule has 0 bridgehead atoms. The van der Waals surface area contributed by atoms with Gasteiger partial charge in [-0.2, -0.15) is 10.2 Å². The molecule has 0 radical (unpaired) electrons. The van der Waals surface area contributed by atoms with E-state index in [4.69, 9.17) is 23.2 Å². The first kappa shape index (κ1) is 18.9. The van der Waals surface area contributed by atoms with Crippen molar-refractivity contribution in [2.75, 3.05) is 11.8 Å². The molecule has 2 aromatic rings. The standard InChI is InChI=1S/C19H22Cl2N4O/c1-14-6-17(8-15-10-22-24(12-15)4-2-20)19(26)18(7-14)9-16-11-23-25(13-16)5-3-21/h8-14H,2-7H2,1H3/b17-8-,18-9+. The molecule has 0 saturated heterocycles. The van der Waals surface area contributed by atoms with E-state index in [2.05, 4.69) is 17.1 Å². The Morgan fingerprint density at radius 2 is 1.46 bits per heavy atom. The highest BCUT2D eigenvalue weighted by Crippen LogP contribution is 2.32. The zero-order valence-electron chi connectivity index (χ0n) is 14.7. The van der Waals surface area contributed by atoms with Gasteiger partial charge in [0.25, 0.3) is 0 Å². The van der Waals surface area contributed by atoms with E-state index in [1.807, 2.05) is 24.5 Å².